The highest BCUT2D eigenvalue weighted by Gasteiger charge is 2.64. The van der Waals surface area contributed by atoms with Crippen LogP contribution < -0.4 is 10.3 Å². The van der Waals surface area contributed by atoms with Crippen LogP contribution in [0.15, 0.2) is 84.9 Å². The molecule has 0 amide bonds. The van der Waals surface area contributed by atoms with Crippen LogP contribution in [-0.4, -0.2) is 19.6 Å². The van der Waals surface area contributed by atoms with E-state index in [2.05, 4.69) is 79.7 Å². The minimum absolute atomic E-state index is 0.137. The quantitative estimate of drug-likeness (QED) is 0.714. The summed E-state index contributed by atoms with van der Waals surface area (Å²) in [7, 11) is -0.137. The third-order valence-electron chi connectivity index (χ3n) is 6.13. The SMILES string of the molecule is [2H]C12CCC[NH+]1B(c1ccccc1C)OC2(c1ccccc1)c1ccccc1. The fourth-order valence-corrected chi connectivity index (χ4v) is 4.91. The van der Waals surface area contributed by atoms with E-state index >= 15 is 0 Å². The van der Waals surface area contributed by atoms with E-state index in [1.807, 2.05) is 12.1 Å². The summed E-state index contributed by atoms with van der Waals surface area (Å²) in [5, 5.41) is 0. The predicted molar refractivity (Wildman–Crippen MR) is 110 cm³/mol. The predicted octanol–water partition coefficient (Wildman–Crippen LogP) is 2.71. The molecule has 3 aromatic carbocycles. The standard InChI is InChI=1S/C24H24BNO/c1-19-11-8-9-16-22(19)25-26-18-10-17-23(26)24(27-25,20-12-4-2-5-13-20)21-14-6-3-7-15-21/h2-9,11-16,23H,10,17-18H2,1H3/p+1/i23D. The maximum atomic E-state index is 9.77. The van der Waals surface area contributed by atoms with Gasteiger partial charge in [0, 0.05) is 18.3 Å². The molecule has 0 aromatic heterocycles. The van der Waals surface area contributed by atoms with Gasteiger partial charge in [0.25, 0.3) is 0 Å². The smallest absolute Gasteiger partial charge is 0.368 e. The van der Waals surface area contributed by atoms with Crippen molar-refractivity contribution in [2.24, 2.45) is 0 Å². The fourth-order valence-electron chi connectivity index (χ4n) is 4.91. The molecular formula is C24H25BNO+. The van der Waals surface area contributed by atoms with Gasteiger partial charge in [0.05, 0.1) is 7.92 Å². The van der Waals surface area contributed by atoms with Crippen LogP contribution in [0.25, 0.3) is 0 Å². The van der Waals surface area contributed by atoms with Crippen LogP contribution in [0.2, 0.25) is 0 Å². The van der Waals surface area contributed by atoms with Crippen molar-refractivity contribution in [2.75, 3.05) is 6.54 Å². The summed E-state index contributed by atoms with van der Waals surface area (Å²) in [6, 6.07) is 28.5. The number of aryl methyl sites for hydroxylation is 1. The Morgan fingerprint density at radius 1 is 0.926 bits per heavy atom. The molecule has 0 saturated carbocycles. The second-order valence-corrected chi connectivity index (χ2v) is 7.63. The molecule has 2 aliphatic rings. The highest BCUT2D eigenvalue weighted by molar-refractivity contribution is 6.60. The van der Waals surface area contributed by atoms with Gasteiger partial charge in [-0.25, -0.2) is 0 Å². The topological polar surface area (TPSA) is 13.7 Å². The Morgan fingerprint density at radius 3 is 2.15 bits per heavy atom. The van der Waals surface area contributed by atoms with Gasteiger partial charge in [-0.15, -0.1) is 0 Å². The maximum absolute atomic E-state index is 9.77. The van der Waals surface area contributed by atoms with E-state index in [1.165, 1.54) is 15.8 Å². The normalized spacial score (nSPS) is 26.6. The van der Waals surface area contributed by atoms with Crippen molar-refractivity contribution < 1.29 is 10.8 Å². The highest BCUT2D eigenvalue weighted by atomic mass is 16.5. The minimum atomic E-state index is -0.783. The van der Waals surface area contributed by atoms with Crippen molar-refractivity contribution in [3.05, 3.63) is 102 Å². The average molecular weight is 355 g/mol. The van der Waals surface area contributed by atoms with Gasteiger partial charge in [0.1, 0.15) is 6.02 Å². The van der Waals surface area contributed by atoms with Crippen molar-refractivity contribution in [3.63, 3.8) is 0 Å². The first-order valence-electron chi connectivity index (χ1n) is 10.4. The van der Waals surface area contributed by atoms with Crippen LogP contribution in [0.4, 0.5) is 0 Å². The van der Waals surface area contributed by atoms with Gasteiger partial charge in [0.15, 0.2) is 5.60 Å². The molecule has 27 heavy (non-hydrogen) atoms. The van der Waals surface area contributed by atoms with Crippen LogP contribution in [0.5, 0.6) is 0 Å². The van der Waals surface area contributed by atoms with Crippen LogP contribution >= 0.6 is 0 Å². The lowest BCUT2D eigenvalue weighted by Crippen LogP contribution is -3.19. The number of quaternary nitrogens is 1. The summed E-state index contributed by atoms with van der Waals surface area (Å²) in [6.07, 6.45) is 1.88. The maximum Gasteiger partial charge on any atom is 0.611 e. The van der Waals surface area contributed by atoms with Crippen LogP contribution in [0.3, 0.4) is 0 Å². The molecule has 2 saturated heterocycles. The van der Waals surface area contributed by atoms with Crippen molar-refractivity contribution in [1.82, 2.24) is 0 Å². The minimum Gasteiger partial charge on any atom is -0.368 e. The summed E-state index contributed by atoms with van der Waals surface area (Å²) < 4.78 is 16.8. The van der Waals surface area contributed by atoms with Crippen molar-refractivity contribution in [1.29, 1.82) is 0 Å². The van der Waals surface area contributed by atoms with Crippen molar-refractivity contribution in [3.8, 4) is 0 Å². The van der Waals surface area contributed by atoms with Gasteiger partial charge in [-0.1, -0.05) is 84.9 Å². The van der Waals surface area contributed by atoms with Gasteiger partial charge in [-0.3, -0.25) is 0 Å². The molecule has 2 fully saturated rings. The van der Waals surface area contributed by atoms with Gasteiger partial charge in [-0.2, -0.15) is 0 Å². The van der Waals surface area contributed by atoms with E-state index in [4.69, 9.17) is 4.65 Å². The number of nitrogens with one attached hydrogen (secondary N) is 1. The number of rotatable bonds is 3. The first-order chi connectivity index (χ1) is 13.7. The zero-order chi connectivity index (χ0) is 19.2. The highest BCUT2D eigenvalue weighted by Crippen LogP contribution is 2.41. The molecule has 0 aliphatic carbocycles. The molecule has 1 N–H and O–H groups in total. The molecule has 2 heterocycles. The lowest BCUT2D eigenvalue weighted by Gasteiger charge is -2.33. The zero-order valence-corrected chi connectivity index (χ0v) is 15.7. The van der Waals surface area contributed by atoms with Crippen molar-refractivity contribution in [2.45, 2.75) is 31.4 Å². The Bertz CT molecular complexity index is 941. The van der Waals surface area contributed by atoms with Gasteiger partial charge < -0.3 is 9.47 Å². The third kappa shape index (κ3) is 2.57. The number of benzene rings is 3. The summed E-state index contributed by atoms with van der Waals surface area (Å²) in [6.45, 7) is 3.11. The number of hydrogen-bond donors (Lipinski definition) is 1. The fraction of sp³-hybridized carbons (Fsp3) is 0.250. The average Bonchev–Trinajstić information content (AvgIpc) is 3.24. The Morgan fingerprint density at radius 2 is 1.52 bits per heavy atom. The molecule has 134 valence electrons. The van der Waals surface area contributed by atoms with Gasteiger partial charge in [0.2, 0.25) is 0 Å². The van der Waals surface area contributed by atoms with Crippen LogP contribution in [0, 0.1) is 6.92 Å². The van der Waals surface area contributed by atoms with E-state index in [1.54, 1.807) is 0 Å². The monoisotopic (exact) mass is 355 g/mol. The number of hydrogen-bond acceptors (Lipinski definition) is 1. The largest absolute Gasteiger partial charge is 0.611 e. The van der Waals surface area contributed by atoms with E-state index in [0.29, 0.717) is 0 Å². The lowest BCUT2D eigenvalue weighted by atomic mass is 9.70. The Labute approximate surface area is 163 Å². The molecule has 5 rings (SSSR count). The zero-order valence-electron chi connectivity index (χ0n) is 16.7. The van der Waals surface area contributed by atoms with Crippen LogP contribution in [0.1, 0.15) is 30.9 Å². The van der Waals surface area contributed by atoms with Gasteiger partial charge in [-0.05, 0) is 23.6 Å². The molecule has 2 atom stereocenters. The second-order valence-electron chi connectivity index (χ2n) is 7.63. The molecule has 0 radical (unpaired) electrons. The number of fused-ring (bicyclic) bond motifs is 1. The summed E-state index contributed by atoms with van der Waals surface area (Å²) in [5.74, 6) is 0. The first kappa shape index (κ1) is 15.7. The van der Waals surface area contributed by atoms with E-state index < -0.39 is 11.6 Å². The molecular weight excluding hydrogens is 329 g/mol. The molecule has 2 nitrogen and oxygen atoms in total. The van der Waals surface area contributed by atoms with E-state index in [-0.39, 0.29) is 7.05 Å². The molecule has 3 aromatic rings. The summed E-state index contributed by atoms with van der Waals surface area (Å²) >= 11 is 0. The third-order valence-corrected chi connectivity index (χ3v) is 6.13. The Hall–Kier alpha value is -2.36. The molecule has 2 aliphatic heterocycles. The van der Waals surface area contributed by atoms with Gasteiger partial charge >= 0.3 is 7.05 Å². The Balaban J connectivity index is 1.76. The summed E-state index contributed by atoms with van der Waals surface area (Å²) in [4.78, 5) is 1.23. The lowest BCUT2D eigenvalue weighted by molar-refractivity contribution is -0.799. The molecule has 0 spiro atoms. The van der Waals surface area contributed by atoms with Crippen molar-refractivity contribution >= 4 is 12.5 Å². The second kappa shape index (κ2) is 6.67. The molecule has 0 bridgehead atoms. The first-order valence-corrected chi connectivity index (χ1v) is 9.87. The Kier molecular flexibility index (Phi) is 3.87. The van der Waals surface area contributed by atoms with E-state index in [0.717, 1.165) is 30.5 Å². The van der Waals surface area contributed by atoms with Crippen LogP contribution in [-0.2, 0) is 10.3 Å². The molecule has 2 unspecified atom stereocenters. The summed E-state index contributed by atoms with van der Waals surface area (Å²) in [5.41, 5.74) is 3.79. The van der Waals surface area contributed by atoms with E-state index in [9.17, 15) is 1.37 Å². The molecule has 3 heteroatoms.